The zero-order chi connectivity index (χ0) is 22.4. The van der Waals surface area contributed by atoms with Gasteiger partial charge in [0.15, 0.2) is 0 Å². The Morgan fingerprint density at radius 3 is 2.67 bits per heavy atom. The number of aromatic nitrogens is 4. The summed E-state index contributed by atoms with van der Waals surface area (Å²) in [6, 6.07) is 4.62. The molecule has 1 saturated carbocycles. The largest absolute Gasteiger partial charge is 0.369 e. The maximum Gasteiger partial charge on any atom is 0.230 e. The third kappa shape index (κ3) is 3.75. The molecule has 0 atom stereocenters. The molecule has 6 rings (SSSR count). The molecule has 3 aromatic heterocycles. The Kier molecular flexibility index (Phi) is 5.22. The second kappa shape index (κ2) is 8.25. The van der Waals surface area contributed by atoms with Crippen LogP contribution in [0, 0.1) is 0 Å². The SMILES string of the molecule is CC1(C)OCCc2c1n(C1CCCC1)c1nc(Nc3ccc(N4CCNCC4)cn3)ncc21. The Morgan fingerprint density at radius 2 is 1.91 bits per heavy atom. The third-order valence-electron chi connectivity index (χ3n) is 7.39. The van der Waals surface area contributed by atoms with Gasteiger partial charge in [0.25, 0.3) is 0 Å². The van der Waals surface area contributed by atoms with Gasteiger partial charge in [-0.15, -0.1) is 0 Å². The van der Waals surface area contributed by atoms with Crippen LogP contribution in [0.25, 0.3) is 11.0 Å². The highest BCUT2D eigenvalue weighted by molar-refractivity contribution is 5.83. The van der Waals surface area contributed by atoms with Crippen LogP contribution in [0.1, 0.15) is 56.8 Å². The summed E-state index contributed by atoms with van der Waals surface area (Å²) in [6.07, 6.45) is 9.81. The number of anilines is 3. The summed E-state index contributed by atoms with van der Waals surface area (Å²) in [6.45, 7) is 9.17. The van der Waals surface area contributed by atoms with Gasteiger partial charge < -0.3 is 24.8 Å². The van der Waals surface area contributed by atoms with Crippen LogP contribution in [0.3, 0.4) is 0 Å². The van der Waals surface area contributed by atoms with Crippen molar-refractivity contribution in [2.45, 2.75) is 57.6 Å². The highest BCUT2D eigenvalue weighted by atomic mass is 16.5. The van der Waals surface area contributed by atoms with E-state index < -0.39 is 0 Å². The van der Waals surface area contributed by atoms with Gasteiger partial charge in [0.1, 0.15) is 17.1 Å². The van der Waals surface area contributed by atoms with E-state index in [0.29, 0.717) is 12.0 Å². The van der Waals surface area contributed by atoms with Crippen molar-refractivity contribution in [2.24, 2.45) is 0 Å². The van der Waals surface area contributed by atoms with Crippen LogP contribution in [0.4, 0.5) is 17.5 Å². The number of rotatable bonds is 4. The smallest absolute Gasteiger partial charge is 0.230 e. The van der Waals surface area contributed by atoms with Gasteiger partial charge >= 0.3 is 0 Å². The minimum Gasteiger partial charge on any atom is -0.369 e. The minimum absolute atomic E-state index is 0.314. The number of hydrogen-bond acceptors (Lipinski definition) is 7. The zero-order valence-electron chi connectivity index (χ0n) is 19.6. The normalized spacial score (nSPS) is 20.8. The van der Waals surface area contributed by atoms with Gasteiger partial charge in [-0.05, 0) is 50.8 Å². The molecule has 5 heterocycles. The van der Waals surface area contributed by atoms with E-state index in [2.05, 4.69) is 50.0 Å². The van der Waals surface area contributed by atoms with Crippen LogP contribution < -0.4 is 15.5 Å². The van der Waals surface area contributed by atoms with E-state index >= 15 is 0 Å². The fourth-order valence-electron chi connectivity index (χ4n) is 5.79. The van der Waals surface area contributed by atoms with Crippen LogP contribution in [0.2, 0.25) is 0 Å². The summed E-state index contributed by atoms with van der Waals surface area (Å²) in [5, 5.41) is 7.89. The molecule has 3 aliphatic rings. The lowest BCUT2D eigenvalue weighted by Crippen LogP contribution is -2.43. The number of piperazine rings is 1. The molecule has 2 aliphatic heterocycles. The first-order valence-electron chi connectivity index (χ1n) is 12.3. The van der Waals surface area contributed by atoms with Crippen LogP contribution >= 0.6 is 0 Å². The molecule has 1 aliphatic carbocycles. The zero-order valence-corrected chi connectivity index (χ0v) is 19.6. The van der Waals surface area contributed by atoms with Gasteiger partial charge in [0.05, 0.1) is 24.2 Å². The van der Waals surface area contributed by atoms with Crippen molar-refractivity contribution in [1.82, 2.24) is 24.8 Å². The standard InChI is InChI=1S/C25H33N7O/c1-25(2)22-19(9-14-33-25)20-16-28-24(30-23(20)32(22)17-5-3-4-6-17)29-21-8-7-18(15-27-21)31-12-10-26-11-13-31/h7-8,15-17,26H,3-6,9-14H2,1-2H3,(H,27,28,29,30). The van der Waals surface area contributed by atoms with Crippen molar-refractivity contribution >= 4 is 28.5 Å². The minimum atomic E-state index is -0.314. The first kappa shape index (κ1) is 20.9. The molecule has 3 aromatic rings. The Bertz CT molecular complexity index is 1140. The maximum absolute atomic E-state index is 6.21. The molecule has 174 valence electrons. The van der Waals surface area contributed by atoms with E-state index in [0.717, 1.165) is 56.4 Å². The number of nitrogens with one attached hydrogen (secondary N) is 2. The lowest BCUT2D eigenvalue weighted by molar-refractivity contribution is -0.0377. The van der Waals surface area contributed by atoms with Gasteiger partial charge in [0.2, 0.25) is 5.95 Å². The van der Waals surface area contributed by atoms with Crippen LogP contribution in [-0.2, 0) is 16.8 Å². The summed E-state index contributed by atoms with van der Waals surface area (Å²) >= 11 is 0. The van der Waals surface area contributed by atoms with E-state index in [4.69, 9.17) is 9.72 Å². The lowest BCUT2D eigenvalue weighted by Gasteiger charge is -2.34. The average Bonchev–Trinajstić information content (AvgIpc) is 3.47. The highest BCUT2D eigenvalue weighted by Crippen LogP contribution is 2.43. The number of nitrogens with zero attached hydrogens (tertiary/aromatic N) is 5. The second-order valence-electron chi connectivity index (χ2n) is 9.94. The molecular formula is C25H33N7O. The predicted octanol–water partition coefficient (Wildman–Crippen LogP) is 3.90. The summed E-state index contributed by atoms with van der Waals surface area (Å²) in [7, 11) is 0. The van der Waals surface area contributed by atoms with E-state index in [1.165, 1.54) is 42.3 Å². The van der Waals surface area contributed by atoms with E-state index in [1.54, 1.807) is 0 Å². The van der Waals surface area contributed by atoms with Crippen molar-refractivity contribution in [3.63, 3.8) is 0 Å². The van der Waals surface area contributed by atoms with Gasteiger partial charge in [-0.1, -0.05) is 12.8 Å². The third-order valence-corrected chi connectivity index (χ3v) is 7.39. The molecule has 33 heavy (non-hydrogen) atoms. The number of fused-ring (bicyclic) bond motifs is 3. The molecule has 0 bridgehead atoms. The monoisotopic (exact) mass is 447 g/mol. The molecule has 2 N–H and O–H groups in total. The van der Waals surface area contributed by atoms with Crippen molar-refractivity contribution in [3.8, 4) is 0 Å². The van der Waals surface area contributed by atoms with Crippen molar-refractivity contribution < 1.29 is 4.74 Å². The first-order valence-corrected chi connectivity index (χ1v) is 12.3. The fraction of sp³-hybridized carbons (Fsp3) is 0.560. The molecule has 0 unspecified atom stereocenters. The average molecular weight is 448 g/mol. The summed E-state index contributed by atoms with van der Waals surface area (Å²) in [5.41, 5.74) is 4.52. The van der Waals surface area contributed by atoms with Crippen LogP contribution in [0.5, 0.6) is 0 Å². The Hall–Kier alpha value is -2.71. The topological polar surface area (TPSA) is 80.1 Å². The molecule has 0 amide bonds. The number of hydrogen-bond donors (Lipinski definition) is 2. The van der Waals surface area contributed by atoms with Gasteiger partial charge in [-0.25, -0.2) is 9.97 Å². The van der Waals surface area contributed by atoms with E-state index in [9.17, 15) is 0 Å². The molecular weight excluding hydrogens is 414 g/mol. The van der Waals surface area contributed by atoms with Crippen LogP contribution in [-0.4, -0.2) is 52.3 Å². The first-order chi connectivity index (χ1) is 16.1. The van der Waals surface area contributed by atoms with E-state index in [-0.39, 0.29) is 5.60 Å². The van der Waals surface area contributed by atoms with E-state index in [1.807, 2.05) is 18.5 Å². The molecule has 0 spiro atoms. The molecule has 0 radical (unpaired) electrons. The summed E-state index contributed by atoms with van der Waals surface area (Å²) in [5.74, 6) is 1.36. The Labute approximate surface area is 194 Å². The van der Waals surface area contributed by atoms with Gasteiger partial charge in [-0.3, -0.25) is 0 Å². The molecule has 8 heteroatoms. The summed E-state index contributed by atoms with van der Waals surface area (Å²) < 4.78 is 8.68. The summed E-state index contributed by atoms with van der Waals surface area (Å²) in [4.78, 5) is 16.7. The van der Waals surface area contributed by atoms with Gasteiger partial charge in [-0.2, -0.15) is 4.98 Å². The fourth-order valence-corrected chi connectivity index (χ4v) is 5.79. The Morgan fingerprint density at radius 1 is 1.09 bits per heavy atom. The number of pyridine rings is 1. The van der Waals surface area contributed by atoms with Crippen LogP contribution in [0.15, 0.2) is 24.5 Å². The quantitative estimate of drug-likeness (QED) is 0.628. The Balaban J connectivity index is 1.34. The molecule has 8 nitrogen and oxygen atoms in total. The number of ether oxygens (including phenoxy) is 1. The molecule has 1 saturated heterocycles. The van der Waals surface area contributed by atoms with Crippen molar-refractivity contribution in [2.75, 3.05) is 43.0 Å². The maximum atomic E-state index is 6.21. The van der Waals surface area contributed by atoms with Gasteiger partial charge in [0, 0.05) is 43.8 Å². The predicted molar refractivity (Wildman–Crippen MR) is 130 cm³/mol. The lowest BCUT2D eigenvalue weighted by atomic mass is 9.94. The van der Waals surface area contributed by atoms with Crippen molar-refractivity contribution in [3.05, 3.63) is 35.8 Å². The van der Waals surface area contributed by atoms with Crippen molar-refractivity contribution in [1.29, 1.82) is 0 Å². The molecule has 0 aromatic carbocycles. The second-order valence-corrected chi connectivity index (χ2v) is 9.94. The highest BCUT2D eigenvalue weighted by Gasteiger charge is 2.37. The molecule has 2 fully saturated rings.